The number of piperazine rings is 1. The second-order valence-electron chi connectivity index (χ2n) is 6.28. The Balaban J connectivity index is 2.08. The van der Waals surface area contributed by atoms with Gasteiger partial charge in [-0.2, -0.15) is 0 Å². The molecule has 3 nitrogen and oxygen atoms in total. The van der Waals surface area contributed by atoms with Crippen molar-refractivity contribution in [3.05, 3.63) is 30.1 Å². The highest BCUT2D eigenvalue weighted by atomic mass is 15.3. The van der Waals surface area contributed by atoms with Crippen molar-refractivity contribution in [1.82, 2.24) is 15.2 Å². The van der Waals surface area contributed by atoms with Crippen LogP contribution in [0.3, 0.4) is 0 Å². The van der Waals surface area contributed by atoms with Crippen molar-refractivity contribution in [1.29, 1.82) is 0 Å². The Labute approximate surface area is 111 Å². The summed E-state index contributed by atoms with van der Waals surface area (Å²) in [6.45, 7) is 12.4. The fourth-order valence-corrected chi connectivity index (χ4v) is 2.48. The van der Waals surface area contributed by atoms with E-state index in [0.29, 0.717) is 12.0 Å². The fraction of sp³-hybridized carbons (Fsp3) is 0.667. The van der Waals surface area contributed by atoms with Gasteiger partial charge in [-0.3, -0.25) is 9.88 Å². The zero-order chi connectivity index (χ0) is 13.2. The zero-order valence-corrected chi connectivity index (χ0v) is 12.0. The van der Waals surface area contributed by atoms with E-state index >= 15 is 0 Å². The van der Waals surface area contributed by atoms with Crippen molar-refractivity contribution in [2.45, 2.75) is 45.8 Å². The van der Waals surface area contributed by atoms with Gasteiger partial charge in [-0.1, -0.05) is 13.8 Å². The molecular weight excluding hydrogens is 222 g/mol. The molecule has 3 heteroatoms. The van der Waals surface area contributed by atoms with E-state index < -0.39 is 0 Å². The summed E-state index contributed by atoms with van der Waals surface area (Å²) in [4.78, 5) is 6.67. The van der Waals surface area contributed by atoms with Crippen LogP contribution in [0.5, 0.6) is 0 Å². The van der Waals surface area contributed by atoms with Crippen LogP contribution in [-0.2, 0) is 6.54 Å². The molecule has 0 bridgehead atoms. The third kappa shape index (κ3) is 3.09. The summed E-state index contributed by atoms with van der Waals surface area (Å²) >= 11 is 0. The average Bonchev–Trinajstić information content (AvgIpc) is 2.33. The molecule has 0 amide bonds. The van der Waals surface area contributed by atoms with Crippen LogP contribution in [-0.4, -0.2) is 34.6 Å². The zero-order valence-electron chi connectivity index (χ0n) is 12.0. The highest BCUT2D eigenvalue weighted by molar-refractivity contribution is 5.11. The first kappa shape index (κ1) is 13.5. The lowest BCUT2D eigenvalue weighted by molar-refractivity contribution is 0.0474. The monoisotopic (exact) mass is 247 g/mol. The van der Waals surface area contributed by atoms with Crippen LogP contribution >= 0.6 is 0 Å². The summed E-state index contributed by atoms with van der Waals surface area (Å²) in [5.41, 5.74) is 1.57. The molecule has 1 aromatic heterocycles. The Morgan fingerprint density at radius 2 is 2.06 bits per heavy atom. The van der Waals surface area contributed by atoms with Crippen LogP contribution in [0.4, 0.5) is 0 Å². The molecule has 18 heavy (non-hydrogen) atoms. The maximum atomic E-state index is 4.09. The van der Waals surface area contributed by atoms with Gasteiger partial charge in [0, 0.05) is 43.6 Å². The van der Waals surface area contributed by atoms with Crippen molar-refractivity contribution in [3.63, 3.8) is 0 Å². The smallest absolute Gasteiger partial charge is 0.0281 e. The van der Waals surface area contributed by atoms with Gasteiger partial charge in [-0.05, 0) is 37.5 Å². The molecule has 1 aliphatic rings. The van der Waals surface area contributed by atoms with E-state index in [9.17, 15) is 0 Å². The van der Waals surface area contributed by atoms with Gasteiger partial charge in [0.2, 0.25) is 0 Å². The van der Waals surface area contributed by atoms with Gasteiger partial charge in [0.25, 0.3) is 0 Å². The standard InChI is InChI=1S/C15H25N3/c1-12(2)14-10-18(15(3,4)11-17-14)9-13-5-7-16-8-6-13/h5-8,12,14,17H,9-11H2,1-4H3. The molecule has 0 radical (unpaired) electrons. The minimum Gasteiger partial charge on any atom is -0.311 e. The lowest BCUT2D eigenvalue weighted by atomic mass is 9.92. The van der Waals surface area contributed by atoms with E-state index in [1.165, 1.54) is 5.56 Å². The summed E-state index contributed by atoms with van der Waals surface area (Å²) in [5.74, 6) is 0.682. The molecule has 2 heterocycles. The van der Waals surface area contributed by atoms with Gasteiger partial charge in [0.1, 0.15) is 0 Å². The fourth-order valence-electron chi connectivity index (χ4n) is 2.48. The summed E-state index contributed by atoms with van der Waals surface area (Å²) in [7, 11) is 0. The first-order valence-corrected chi connectivity index (χ1v) is 6.86. The predicted molar refractivity (Wildman–Crippen MR) is 75.4 cm³/mol. The normalized spacial score (nSPS) is 24.4. The first-order chi connectivity index (χ1) is 8.49. The van der Waals surface area contributed by atoms with E-state index in [4.69, 9.17) is 0 Å². The van der Waals surface area contributed by atoms with Crippen LogP contribution < -0.4 is 5.32 Å². The minimum atomic E-state index is 0.217. The molecule has 1 unspecified atom stereocenters. The van der Waals surface area contributed by atoms with Crippen molar-refractivity contribution >= 4 is 0 Å². The molecule has 0 spiro atoms. The summed E-state index contributed by atoms with van der Waals surface area (Å²) in [6, 6.07) is 4.82. The second kappa shape index (κ2) is 5.37. The second-order valence-corrected chi connectivity index (χ2v) is 6.28. The number of rotatable bonds is 3. The van der Waals surface area contributed by atoms with Gasteiger partial charge in [0.15, 0.2) is 0 Å². The van der Waals surface area contributed by atoms with E-state index in [0.717, 1.165) is 19.6 Å². The maximum absolute atomic E-state index is 4.09. The van der Waals surface area contributed by atoms with E-state index in [1.807, 2.05) is 12.4 Å². The third-order valence-electron chi connectivity index (χ3n) is 4.00. The van der Waals surface area contributed by atoms with Crippen LogP contribution in [0.2, 0.25) is 0 Å². The highest BCUT2D eigenvalue weighted by Gasteiger charge is 2.34. The molecular formula is C15H25N3. The molecule has 100 valence electrons. The van der Waals surface area contributed by atoms with E-state index in [2.05, 4.69) is 55.0 Å². The van der Waals surface area contributed by atoms with Crippen molar-refractivity contribution in [3.8, 4) is 0 Å². The molecule has 0 aromatic carbocycles. The number of hydrogen-bond acceptors (Lipinski definition) is 3. The maximum Gasteiger partial charge on any atom is 0.0281 e. The van der Waals surface area contributed by atoms with Gasteiger partial charge < -0.3 is 5.32 Å². The van der Waals surface area contributed by atoms with Gasteiger partial charge in [-0.15, -0.1) is 0 Å². The molecule has 1 aliphatic heterocycles. The van der Waals surface area contributed by atoms with Crippen molar-refractivity contribution < 1.29 is 0 Å². The molecule has 0 saturated carbocycles. The molecule has 0 aliphatic carbocycles. The Morgan fingerprint density at radius 3 is 2.67 bits per heavy atom. The molecule has 1 saturated heterocycles. The van der Waals surface area contributed by atoms with Crippen LogP contribution in [0.15, 0.2) is 24.5 Å². The topological polar surface area (TPSA) is 28.2 Å². The number of hydrogen-bond donors (Lipinski definition) is 1. The molecule has 1 aromatic rings. The van der Waals surface area contributed by atoms with E-state index in [-0.39, 0.29) is 5.54 Å². The Hall–Kier alpha value is -0.930. The predicted octanol–water partition coefficient (Wildman–Crippen LogP) is 2.29. The van der Waals surface area contributed by atoms with Crippen LogP contribution in [0.1, 0.15) is 33.3 Å². The van der Waals surface area contributed by atoms with Crippen LogP contribution in [0.25, 0.3) is 0 Å². The molecule has 1 atom stereocenters. The quantitative estimate of drug-likeness (QED) is 0.888. The van der Waals surface area contributed by atoms with Gasteiger partial charge in [0.05, 0.1) is 0 Å². The van der Waals surface area contributed by atoms with Gasteiger partial charge >= 0.3 is 0 Å². The minimum absolute atomic E-state index is 0.217. The highest BCUT2D eigenvalue weighted by Crippen LogP contribution is 2.23. The molecule has 1 fully saturated rings. The number of pyridine rings is 1. The molecule has 2 rings (SSSR count). The van der Waals surface area contributed by atoms with Gasteiger partial charge in [-0.25, -0.2) is 0 Å². The SMILES string of the molecule is CC(C)C1CN(Cc2ccncc2)C(C)(C)CN1. The summed E-state index contributed by atoms with van der Waals surface area (Å²) in [5, 5.41) is 3.67. The molecule has 1 N–H and O–H groups in total. The van der Waals surface area contributed by atoms with Crippen molar-refractivity contribution in [2.75, 3.05) is 13.1 Å². The summed E-state index contributed by atoms with van der Waals surface area (Å²) < 4.78 is 0. The van der Waals surface area contributed by atoms with Crippen molar-refractivity contribution in [2.24, 2.45) is 5.92 Å². The average molecular weight is 247 g/mol. The Kier molecular flexibility index (Phi) is 4.03. The first-order valence-electron chi connectivity index (χ1n) is 6.86. The lowest BCUT2D eigenvalue weighted by Gasteiger charge is -2.47. The number of aromatic nitrogens is 1. The Bertz CT molecular complexity index is 373. The lowest BCUT2D eigenvalue weighted by Crippen LogP contribution is -2.62. The largest absolute Gasteiger partial charge is 0.311 e. The van der Waals surface area contributed by atoms with E-state index in [1.54, 1.807) is 0 Å². The number of nitrogens with zero attached hydrogens (tertiary/aromatic N) is 2. The number of nitrogens with one attached hydrogen (secondary N) is 1. The van der Waals surface area contributed by atoms with Crippen LogP contribution in [0, 0.1) is 5.92 Å². The Morgan fingerprint density at radius 1 is 1.39 bits per heavy atom. The third-order valence-corrected chi connectivity index (χ3v) is 4.00. The summed E-state index contributed by atoms with van der Waals surface area (Å²) in [6.07, 6.45) is 3.76.